The number of hydrogen-bond donors (Lipinski definition) is 2. The molecule has 0 fully saturated rings. The third-order valence-electron chi connectivity index (χ3n) is 4.73. The molecule has 3 aromatic rings. The number of H-pyrrole nitrogens is 1. The summed E-state index contributed by atoms with van der Waals surface area (Å²) in [6.07, 6.45) is -0.252. The third kappa shape index (κ3) is 4.43. The summed E-state index contributed by atoms with van der Waals surface area (Å²) in [6, 6.07) is 5.96. The molecule has 0 aliphatic carbocycles. The molecular formula is C21H23ClFN5O2. The van der Waals surface area contributed by atoms with Gasteiger partial charge in [0.25, 0.3) is 5.56 Å². The lowest BCUT2D eigenvalue weighted by Gasteiger charge is -2.14. The van der Waals surface area contributed by atoms with Gasteiger partial charge in [0.2, 0.25) is 11.9 Å². The summed E-state index contributed by atoms with van der Waals surface area (Å²) in [5, 5.41) is 7.44. The third-order valence-corrected chi connectivity index (χ3v) is 5.08. The predicted molar refractivity (Wildman–Crippen MR) is 114 cm³/mol. The van der Waals surface area contributed by atoms with Crippen LogP contribution in [-0.4, -0.2) is 25.7 Å². The Morgan fingerprint density at radius 3 is 2.60 bits per heavy atom. The molecule has 0 radical (unpaired) electrons. The number of amides is 1. The fourth-order valence-corrected chi connectivity index (χ4v) is 3.01. The van der Waals surface area contributed by atoms with Crippen LogP contribution in [0.3, 0.4) is 0 Å². The van der Waals surface area contributed by atoms with Crippen LogP contribution >= 0.6 is 11.6 Å². The van der Waals surface area contributed by atoms with Crippen LogP contribution in [-0.2, 0) is 16.6 Å². The number of anilines is 1. The number of carbonyl (C=O) groups is 1. The Kier molecular flexibility index (Phi) is 5.81. The highest BCUT2D eigenvalue weighted by Gasteiger charge is 2.23. The van der Waals surface area contributed by atoms with Crippen LogP contribution in [0.2, 0.25) is 5.02 Å². The zero-order chi connectivity index (χ0) is 22.2. The number of nitrogens with zero attached hydrogens (tertiary/aromatic N) is 3. The number of benzene rings is 1. The van der Waals surface area contributed by atoms with Crippen molar-refractivity contribution >= 4 is 23.3 Å². The second kappa shape index (κ2) is 8.02. The van der Waals surface area contributed by atoms with Crippen molar-refractivity contribution in [2.24, 2.45) is 0 Å². The van der Waals surface area contributed by atoms with Gasteiger partial charge in [0.05, 0.1) is 12.1 Å². The first kappa shape index (κ1) is 21.7. The number of aromatic amines is 1. The van der Waals surface area contributed by atoms with Gasteiger partial charge < -0.3 is 5.32 Å². The van der Waals surface area contributed by atoms with E-state index in [9.17, 15) is 14.0 Å². The van der Waals surface area contributed by atoms with E-state index in [0.29, 0.717) is 22.8 Å². The molecule has 0 aliphatic rings. The molecule has 0 spiro atoms. The van der Waals surface area contributed by atoms with Crippen LogP contribution in [0.15, 0.2) is 29.1 Å². The number of hydrogen-bond acceptors (Lipinski definition) is 4. The normalized spacial score (nSPS) is 11.6. The highest BCUT2D eigenvalue weighted by Crippen LogP contribution is 2.26. The fraction of sp³-hybridized carbons (Fsp3) is 0.333. The van der Waals surface area contributed by atoms with Gasteiger partial charge in [-0.05, 0) is 26.0 Å². The number of nitrogens with one attached hydrogen (secondary N) is 2. The van der Waals surface area contributed by atoms with Gasteiger partial charge >= 0.3 is 0 Å². The molecule has 1 aromatic carbocycles. The Hall–Kier alpha value is -3.00. The number of carbonyl (C=O) groups excluding carboxylic acids is 1. The predicted octanol–water partition coefficient (Wildman–Crippen LogP) is 3.84. The Morgan fingerprint density at radius 1 is 1.30 bits per heavy atom. The fourth-order valence-electron chi connectivity index (χ4n) is 2.78. The van der Waals surface area contributed by atoms with Gasteiger partial charge in [-0.15, -0.1) is 0 Å². The second-order valence-electron chi connectivity index (χ2n) is 8.10. The van der Waals surface area contributed by atoms with Crippen molar-refractivity contribution in [1.29, 1.82) is 0 Å². The molecule has 0 aliphatic heterocycles. The first-order chi connectivity index (χ1) is 14.0. The minimum atomic E-state index is -0.554. The van der Waals surface area contributed by atoms with Gasteiger partial charge in [-0.25, -0.2) is 9.37 Å². The van der Waals surface area contributed by atoms with Gasteiger partial charge in [0.1, 0.15) is 11.6 Å². The molecule has 0 atom stereocenters. The van der Waals surface area contributed by atoms with Gasteiger partial charge in [-0.2, -0.15) is 9.78 Å². The summed E-state index contributed by atoms with van der Waals surface area (Å²) < 4.78 is 15.4. The molecule has 2 heterocycles. The SMILES string of the molecule is Cc1nc(-n2nc(C(C)(C)C)cc2NC(=O)Cc2c(F)cccc2Cl)[nH]c(=O)c1C. The van der Waals surface area contributed by atoms with E-state index in [1.807, 2.05) is 20.8 Å². The van der Waals surface area contributed by atoms with E-state index in [-0.39, 0.29) is 33.9 Å². The zero-order valence-electron chi connectivity index (χ0n) is 17.4. The first-order valence-corrected chi connectivity index (χ1v) is 9.76. The van der Waals surface area contributed by atoms with Gasteiger partial charge in [0, 0.05) is 33.3 Å². The summed E-state index contributed by atoms with van der Waals surface area (Å²) in [6.45, 7) is 9.32. The summed E-state index contributed by atoms with van der Waals surface area (Å²) in [4.78, 5) is 31.9. The van der Waals surface area contributed by atoms with Crippen molar-refractivity contribution in [2.45, 2.75) is 46.5 Å². The highest BCUT2D eigenvalue weighted by molar-refractivity contribution is 6.31. The van der Waals surface area contributed by atoms with E-state index >= 15 is 0 Å². The van der Waals surface area contributed by atoms with Crippen LogP contribution in [0.4, 0.5) is 10.2 Å². The summed E-state index contributed by atoms with van der Waals surface area (Å²) in [5.74, 6) is -0.543. The molecule has 30 heavy (non-hydrogen) atoms. The number of aryl methyl sites for hydroxylation is 1. The molecule has 3 rings (SSSR count). The van der Waals surface area contributed by atoms with Crippen molar-refractivity contribution in [1.82, 2.24) is 19.7 Å². The first-order valence-electron chi connectivity index (χ1n) is 9.38. The number of halogens is 2. The van der Waals surface area contributed by atoms with E-state index in [4.69, 9.17) is 11.6 Å². The monoisotopic (exact) mass is 431 g/mol. The smallest absolute Gasteiger partial charge is 0.255 e. The lowest BCUT2D eigenvalue weighted by molar-refractivity contribution is -0.115. The van der Waals surface area contributed by atoms with E-state index in [1.54, 1.807) is 19.9 Å². The molecule has 2 aromatic heterocycles. The zero-order valence-corrected chi connectivity index (χ0v) is 18.2. The van der Waals surface area contributed by atoms with Crippen LogP contribution < -0.4 is 10.9 Å². The molecule has 0 bridgehead atoms. The van der Waals surface area contributed by atoms with Gasteiger partial charge in [0.15, 0.2) is 0 Å². The van der Waals surface area contributed by atoms with Crippen molar-refractivity contribution in [3.05, 3.63) is 68.0 Å². The van der Waals surface area contributed by atoms with E-state index in [2.05, 4.69) is 20.4 Å². The molecule has 0 saturated heterocycles. The minimum Gasteiger partial charge on any atom is -0.310 e. The molecule has 0 saturated carbocycles. The topological polar surface area (TPSA) is 92.7 Å². The Balaban J connectivity index is 2.01. The molecule has 1 amide bonds. The van der Waals surface area contributed by atoms with Crippen LogP contribution in [0.5, 0.6) is 0 Å². The number of aromatic nitrogens is 4. The second-order valence-corrected chi connectivity index (χ2v) is 8.51. The molecular weight excluding hydrogens is 409 g/mol. The Labute approximate surface area is 178 Å². The average molecular weight is 432 g/mol. The van der Waals surface area contributed by atoms with Crippen LogP contribution in [0.1, 0.15) is 43.3 Å². The van der Waals surface area contributed by atoms with Crippen LogP contribution in [0.25, 0.3) is 5.95 Å². The van der Waals surface area contributed by atoms with Crippen LogP contribution in [0, 0.1) is 19.7 Å². The quantitative estimate of drug-likeness (QED) is 0.656. The molecule has 2 N–H and O–H groups in total. The maximum Gasteiger partial charge on any atom is 0.255 e. The maximum absolute atomic E-state index is 14.0. The molecule has 7 nitrogen and oxygen atoms in total. The van der Waals surface area contributed by atoms with Crippen molar-refractivity contribution in [3.8, 4) is 5.95 Å². The molecule has 158 valence electrons. The largest absolute Gasteiger partial charge is 0.310 e. The average Bonchev–Trinajstić information content (AvgIpc) is 3.06. The molecule has 0 unspecified atom stereocenters. The summed E-state index contributed by atoms with van der Waals surface area (Å²) in [7, 11) is 0. The minimum absolute atomic E-state index is 0.108. The van der Waals surface area contributed by atoms with Crippen molar-refractivity contribution in [3.63, 3.8) is 0 Å². The van der Waals surface area contributed by atoms with Crippen molar-refractivity contribution < 1.29 is 9.18 Å². The van der Waals surface area contributed by atoms with Gasteiger partial charge in [-0.3, -0.25) is 14.6 Å². The summed E-state index contributed by atoms with van der Waals surface area (Å²) >= 11 is 6.03. The summed E-state index contributed by atoms with van der Waals surface area (Å²) in [5.41, 5.74) is 1.23. The van der Waals surface area contributed by atoms with E-state index < -0.39 is 11.7 Å². The Morgan fingerprint density at radius 2 is 2.00 bits per heavy atom. The van der Waals surface area contributed by atoms with Gasteiger partial charge in [-0.1, -0.05) is 38.4 Å². The lowest BCUT2D eigenvalue weighted by atomic mass is 9.92. The highest BCUT2D eigenvalue weighted by atomic mass is 35.5. The number of rotatable bonds is 4. The standard InChI is InChI=1S/C21H23ClFN5O2/c1-11-12(2)24-20(26-19(11)30)28-17(10-16(27-28)21(3,4)5)25-18(29)9-13-14(22)7-6-8-15(13)23/h6-8,10H,9H2,1-5H3,(H,25,29)(H,24,26,30). The lowest BCUT2D eigenvalue weighted by Crippen LogP contribution is -2.22. The van der Waals surface area contributed by atoms with E-state index in [0.717, 1.165) is 0 Å². The Bertz CT molecular complexity index is 1160. The maximum atomic E-state index is 14.0. The van der Waals surface area contributed by atoms with E-state index in [1.165, 1.54) is 22.9 Å². The molecule has 9 heteroatoms. The van der Waals surface area contributed by atoms with Crippen molar-refractivity contribution in [2.75, 3.05) is 5.32 Å².